The Balaban J connectivity index is 0.000000323. The van der Waals surface area contributed by atoms with Crippen molar-refractivity contribution < 1.29 is 4.79 Å². The predicted molar refractivity (Wildman–Crippen MR) is 116 cm³/mol. The summed E-state index contributed by atoms with van der Waals surface area (Å²) >= 11 is 0. The first-order valence-corrected chi connectivity index (χ1v) is 9.02. The van der Waals surface area contributed by atoms with Crippen molar-refractivity contribution in [1.29, 1.82) is 0 Å². The topological polar surface area (TPSA) is 20.3 Å². The van der Waals surface area contributed by atoms with Crippen molar-refractivity contribution in [3.63, 3.8) is 0 Å². The lowest BCUT2D eigenvalue weighted by Crippen LogP contribution is -2.06. The van der Waals surface area contributed by atoms with E-state index >= 15 is 0 Å². The van der Waals surface area contributed by atoms with Gasteiger partial charge in [0.25, 0.3) is 0 Å². The molecule has 0 atom stereocenters. The number of carbonyl (C=O) groups is 1. The van der Waals surface area contributed by atoms with Crippen molar-refractivity contribution in [3.05, 3.63) is 84.9 Å². The molecule has 27 heavy (non-hydrogen) atoms. The number of nitrogens with zero attached hydrogens (tertiary/aromatic N) is 1. The van der Waals surface area contributed by atoms with E-state index in [0.717, 1.165) is 6.41 Å². The van der Waals surface area contributed by atoms with Crippen molar-refractivity contribution in [2.75, 3.05) is 14.1 Å². The maximum absolute atomic E-state index is 9.43. The largest absolute Gasteiger partial charge is 0.351 e. The average Bonchev–Trinajstić information content (AvgIpc) is 2.72. The van der Waals surface area contributed by atoms with Crippen LogP contribution in [0.15, 0.2) is 84.9 Å². The molecule has 2 nitrogen and oxygen atoms in total. The molecular formula is C25H21NO. The van der Waals surface area contributed by atoms with Crippen LogP contribution in [0.1, 0.15) is 0 Å². The fourth-order valence-electron chi connectivity index (χ4n) is 3.51. The van der Waals surface area contributed by atoms with E-state index in [1.807, 2.05) is 0 Å². The molecule has 0 spiro atoms. The molecule has 1 amide bonds. The number of hydrogen-bond donors (Lipinski definition) is 0. The zero-order valence-corrected chi connectivity index (χ0v) is 15.5. The van der Waals surface area contributed by atoms with Crippen LogP contribution >= 0.6 is 0 Å². The molecule has 132 valence electrons. The van der Waals surface area contributed by atoms with Gasteiger partial charge < -0.3 is 4.90 Å². The molecule has 5 aromatic carbocycles. The van der Waals surface area contributed by atoms with E-state index in [2.05, 4.69) is 84.9 Å². The lowest BCUT2D eigenvalue weighted by molar-refractivity contribution is -0.115. The van der Waals surface area contributed by atoms with Gasteiger partial charge in [0, 0.05) is 14.1 Å². The standard InChI is InChI=1S/C22H14.C3H7NO/c1-3-7-19-15(5-1)9-11-17-14-22-18(13-21(17)19)12-10-16-6-2-4-8-20(16)22;1-4(2)3-5/h1-14H;3H,1-2H3. The summed E-state index contributed by atoms with van der Waals surface area (Å²) in [6.45, 7) is 0. The summed E-state index contributed by atoms with van der Waals surface area (Å²) in [4.78, 5) is 10.9. The van der Waals surface area contributed by atoms with E-state index in [9.17, 15) is 4.79 Å². The van der Waals surface area contributed by atoms with Gasteiger partial charge in [0.15, 0.2) is 0 Å². The van der Waals surface area contributed by atoms with Crippen LogP contribution in [0.4, 0.5) is 0 Å². The molecule has 5 aromatic rings. The van der Waals surface area contributed by atoms with Crippen LogP contribution in [0.3, 0.4) is 0 Å². The molecular weight excluding hydrogens is 330 g/mol. The number of fused-ring (bicyclic) bond motifs is 6. The second kappa shape index (κ2) is 7.08. The van der Waals surface area contributed by atoms with Crippen molar-refractivity contribution in [1.82, 2.24) is 4.90 Å². The third-order valence-electron chi connectivity index (χ3n) is 4.82. The molecule has 5 rings (SSSR count). The third-order valence-corrected chi connectivity index (χ3v) is 4.82. The Labute approximate surface area is 158 Å². The summed E-state index contributed by atoms with van der Waals surface area (Å²) in [6.07, 6.45) is 0.750. The van der Waals surface area contributed by atoms with Gasteiger partial charge in [-0.1, -0.05) is 72.8 Å². The van der Waals surface area contributed by atoms with Gasteiger partial charge in [-0.25, -0.2) is 0 Å². The Morgan fingerprint density at radius 3 is 1.33 bits per heavy atom. The first-order chi connectivity index (χ1) is 13.2. The number of rotatable bonds is 1. The summed E-state index contributed by atoms with van der Waals surface area (Å²) in [6, 6.07) is 30.8. The van der Waals surface area contributed by atoms with Crippen molar-refractivity contribution in [3.8, 4) is 0 Å². The number of benzene rings is 5. The summed E-state index contributed by atoms with van der Waals surface area (Å²) in [5.41, 5.74) is 0. The van der Waals surface area contributed by atoms with Crippen LogP contribution in [0.25, 0.3) is 43.1 Å². The minimum atomic E-state index is 0.750. The van der Waals surface area contributed by atoms with Gasteiger partial charge in [0.2, 0.25) is 6.41 Å². The van der Waals surface area contributed by atoms with Gasteiger partial charge in [0.1, 0.15) is 0 Å². The molecule has 0 N–H and O–H groups in total. The zero-order chi connectivity index (χ0) is 18.8. The normalized spacial score (nSPS) is 10.7. The lowest BCUT2D eigenvalue weighted by atomic mass is 9.95. The monoisotopic (exact) mass is 351 g/mol. The molecule has 0 heterocycles. The molecule has 0 saturated heterocycles. The minimum Gasteiger partial charge on any atom is -0.351 e. The molecule has 0 aliphatic heterocycles. The highest BCUT2D eigenvalue weighted by molar-refractivity contribution is 6.17. The molecule has 0 aliphatic rings. The third kappa shape index (κ3) is 3.22. The maximum atomic E-state index is 9.43. The molecule has 2 heteroatoms. The number of carbonyl (C=O) groups excluding carboxylic acids is 1. The van der Waals surface area contributed by atoms with Crippen molar-refractivity contribution in [2.24, 2.45) is 0 Å². The summed E-state index contributed by atoms with van der Waals surface area (Å²) in [5.74, 6) is 0. The fourth-order valence-corrected chi connectivity index (χ4v) is 3.51. The Hall–Kier alpha value is -3.39. The molecule has 0 aromatic heterocycles. The van der Waals surface area contributed by atoms with Gasteiger partial charge in [0.05, 0.1) is 0 Å². The summed E-state index contributed by atoms with van der Waals surface area (Å²) < 4.78 is 0. The SMILES string of the molecule is CN(C)C=O.c1ccc2c(c1)ccc1cc3c(ccc4ccccc43)cc12. The van der Waals surface area contributed by atoms with Crippen LogP contribution in [0.5, 0.6) is 0 Å². The Morgan fingerprint density at radius 1 is 0.556 bits per heavy atom. The molecule has 0 radical (unpaired) electrons. The molecule has 0 aliphatic carbocycles. The zero-order valence-electron chi connectivity index (χ0n) is 15.5. The highest BCUT2D eigenvalue weighted by Gasteiger charge is 2.05. The minimum absolute atomic E-state index is 0.750. The van der Waals surface area contributed by atoms with Gasteiger partial charge >= 0.3 is 0 Å². The Bertz CT molecular complexity index is 1180. The fraction of sp³-hybridized carbons (Fsp3) is 0.0800. The number of amides is 1. The van der Waals surface area contributed by atoms with E-state index in [0.29, 0.717) is 0 Å². The van der Waals surface area contributed by atoms with E-state index in [1.165, 1.54) is 48.0 Å². The van der Waals surface area contributed by atoms with Crippen LogP contribution in [0.2, 0.25) is 0 Å². The van der Waals surface area contributed by atoms with Gasteiger partial charge in [-0.15, -0.1) is 0 Å². The van der Waals surface area contributed by atoms with E-state index < -0.39 is 0 Å². The first kappa shape index (κ1) is 17.0. The Kier molecular flexibility index (Phi) is 4.47. The van der Waals surface area contributed by atoms with Gasteiger partial charge in [-0.3, -0.25) is 4.79 Å². The van der Waals surface area contributed by atoms with Crippen molar-refractivity contribution in [2.45, 2.75) is 0 Å². The Morgan fingerprint density at radius 2 is 0.926 bits per heavy atom. The highest BCUT2D eigenvalue weighted by atomic mass is 16.1. The van der Waals surface area contributed by atoms with Crippen LogP contribution in [-0.2, 0) is 4.79 Å². The van der Waals surface area contributed by atoms with E-state index in [4.69, 9.17) is 0 Å². The quantitative estimate of drug-likeness (QED) is 0.206. The second-order valence-corrected chi connectivity index (χ2v) is 6.94. The first-order valence-electron chi connectivity index (χ1n) is 9.02. The highest BCUT2D eigenvalue weighted by Crippen LogP contribution is 2.32. The summed E-state index contributed by atoms with van der Waals surface area (Å²) in [5, 5.41) is 10.5. The van der Waals surface area contributed by atoms with Crippen LogP contribution in [-0.4, -0.2) is 25.4 Å². The van der Waals surface area contributed by atoms with E-state index in [-0.39, 0.29) is 0 Å². The van der Waals surface area contributed by atoms with Gasteiger partial charge in [-0.05, 0) is 55.2 Å². The lowest BCUT2D eigenvalue weighted by Gasteiger charge is -2.08. The summed E-state index contributed by atoms with van der Waals surface area (Å²) in [7, 11) is 3.38. The molecule has 0 bridgehead atoms. The van der Waals surface area contributed by atoms with Crippen LogP contribution in [0, 0.1) is 0 Å². The van der Waals surface area contributed by atoms with E-state index in [1.54, 1.807) is 14.1 Å². The molecule has 0 fully saturated rings. The van der Waals surface area contributed by atoms with Crippen LogP contribution < -0.4 is 0 Å². The molecule has 0 unspecified atom stereocenters. The van der Waals surface area contributed by atoms with Crippen molar-refractivity contribution >= 4 is 49.5 Å². The average molecular weight is 351 g/mol. The van der Waals surface area contributed by atoms with Gasteiger partial charge in [-0.2, -0.15) is 0 Å². The molecule has 0 saturated carbocycles. The predicted octanol–water partition coefficient (Wildman–Crippen LogP) is 6.00. The number of hydrogen-bond acceptors (Lipinski definition) is 1. The smallest absolute Gasteiger partial charge is 0.209 e. The maximum Gasteiger partial charge on any atom is 0.209 e. The second-order valence-electron chi connectivity index (χ2n) is 6.94.